The van der Waals surface area contributed by atoms with Gasteiger partial charge < -0.3 is 0 Å². The van der Waals surface area contributed by atoms with E-state index in [2.05, 4.69) is 4.99 Å². The minimum absolute atomic E-state index is 0. The topological polar surface area (TPSA) is 12.4 Å². The second kappa shape index (κ2) is 3.82. The van der Waals surface area contributed by atoms with Crippen molar-refractivity contribution in [2.24, 2.45) is 4.99 Å². The molecule has 0 N–H and O–H groups in total. The summed E-state index contributed by atoms with van der Waals surface area (Å²) in [4.78, 5) is 3.92. The summed E-state index contributed by atoms with van der Waals surface area (Å²) in [5.74, 6) is 1.19. The van der Waals surface area contributed by atoms with Gasteiger partial charge in [-0.1, -0.05) is 0 Å². The molecular formula is C3H5NRuS. The molecule has 1 rings (SSSR count). The van der Waals surface area contributed by atoms with Crippen molar-refractivity contribution in [3.8, 4) is 0 Å². The van der Waals surface area contributed by atoms with Gasteiger partial charge in [0.2, 0.25) is 0 Å². The van der Waals surface area contributed by atoms with Gasteiger partial charge in [-0.25, -0.2) is 0 Å². The summed E-state index contributed by atoms with van der Waals surface area (Å²) in [6.07, 6.45) is 0. The van der Waals surface area contributed by atoms with Crippen LogP contribution in [0, 0.1) is 0 Å². The molecule has 3 heteroatoms. The summed E-state index contributed by atoms with van der Waals surface area (Å²) in [5.41, 5.74) is 1.90. The Balaban J connectivity index is 0.000000250. The van der Waals surface area contributed by atoms with Crippen molar-refractivity contribution in [1.82, 2.24) is 0 Å². The maximum atomic E-state index is 3.92. The van der Waals surface area contributed by atoms with E-state index >= 15 is 0 Å². The van der Waals surface area contributed by atoms with Gasteiger partial charge in [-0.15, -0.1) is 11.8 Å². The fourth-order valence-electron chi connectivity index (χ4n) is 0.264. The van der Waals surface area contributed by atoms with Crippen molar-refractivity contribution in [2.45, 2.75) is 0 Å². The molecule has 0 saturated carbocycles. The van der Waals surface area contributed by atoms with E-state index < -0.39 is 0 Å². The van der Waals surface area contributed by atoms with Crippen LogP contribution in [0.5, 0.6) is 0 Å². The fourth-order valence-corrected chi connectivity index (χ4v) is 0.791. The van der Waals surface area contributed by atoms with Crippen molar-refractivity contribution < 1.29 is 19.5 Å². The Morgan fingerprint density at radius 2 is 2.50 bits per heavy atom. The van der Waals surface area contributed by atoms with Crippen LogP contribution in [0.1, 0.15) is 0 Å². The van der Waals surface area contributed by atoms with Crippen LogP contribution in [0.4, 0.5) is 0 Å². The molecule has 0 aromatic heterocycles. The minimum atomic E-state index is 0. The van der Waals surface area contributed by atoms with Gasteiger partial charge in [-0.2, -0.15) is 0 Å². The van der Waals surface area contributed by atoms with Gasteiger partial charge in [0.1, 0.15) is 0 Å². The van der Waals surface area contributed by atoms with Crippen molar-refractivity contribution in [2.75, 3.05) is 12.3 Å². The molecule has 0 aliphatic carbocycles. The van der Waals surface area contributed by atoms with E-state index in [9.17, 15) is 0 Å². The molecule has 0 amide bonds. The molecule has 0 aromatic carbocycles. The molecule has 0 spiro atoms. The fraction of sp³-hybridized carbons (Fsp3) is 0.667. The summed E-state index contributed by atoms with van der Waals surface area (Å²) in [6.45, 7) is 1.03. The molecule has 1 nitrogen and oxygen atoms in total. The predicted octanol–water partition coefficient (Wildman–Crippen LogP) is 0.759. The molecule has 0 bridgehead atoms. The Labute approximate surface area is 54.4 Å². The summed E-state index contributed by atoms with van der Waals surface area (Å²) < 4.78 is 0. The number of aliphatic imine (C=N–C) groups is 1. The van der Waals surface area contributed by atoms with Crippen molar-refractivity contribution in [3.05, 3.63) is 0 Å². The van der Waals surface area contributed by atoms with Crippen LogP contribution in [0.15, 0.2) is 4.99 Å². The number of nitrogens with zero attached hydrogens (tertiary/aromatic N) is 1. The van der Waals surface area contributed by atoms with E-state index in [1.807, 2.05) is 5.55 Å². The van der Waals surface area contributed by atoms with Gasteiger partial charge in [0.05, 0.1) is 5.55 Å². The smallest absolute Gasteiger partial charge is 0.0542 e. The second-order valence-corrected chi connectivity index (χ2v) is 1.83. The first-order valence-corrected chi connectivity index (χ1v) is 2.65. The number of hydrogen-bond donors (Lipinski definition) is 0. The zero-order valence-corrected chi connectivity index (χ0v) is 5.76. The molecule has 36 valence electrons. The number of hydrogen-bond acceptors (Lipinski definition) is 2. The van der Waals surface area contributed by atoms with Crippen LogP contribution in [-0.4, -0.2) is 17.8 Å². The molecule has 0 unspecified atom stereocenters. The van der Waals surface area contributed by atoms with E-state index in [0.717, 1.165) is 6.54 Å². The van der Waals surface area contributed by atoms with Crippen LogP contribution in [-0.2, 0) is 19.5 Å². The van der Waals surface area contributed by atoms with Crippen LogP contribution in [0.3, 0.4) is 0 Å². The normalized spacial score (nSPS) is 17.3. The van der Waals surface area contributed by atoms with Crippen LogP contribution in [0.2, 0.25) is 0 Å². The average Bonchev–Trinajstić information content (AvgIpc) is 1.76. The molecule has 0 atom stereocenters. The average molecular weight is 188 g/mol. The van der Waals surface area contributed by atoms with Gasteiger partial charge in [0.15, 0.2) is 0 Å². The largest absolute Gasteiger partial charge is 0.285 e. The maximum Gasteiger partial charge on any atom is 0.0542 e. The van der Waals surface area contributed by atoms with Gasteiger partial charge in [0, 0.05) is 31.8 Å². The third-order valence-corrected chi connectivity index (χ3v) is 1.20. The Bertz CT molecular complexity index is 48.8. The van der Waals surface area contributed by atoms with E-state index in [0.29, 0.717) is 0 Å². The third kappa shape index (κ3) is 1.94. The second-order valence-electron chi connectivity index (χ2n) is 0.882. The molecular weight excluding hydrogens is 183 g/mol. The predicted molar refractivity (Wildman–Crippen MR) is 25.8 cm³/mol. The number of rotatable bonds is 0. The zero-order chi connectivity index (χ0) is 3.54. The molecule has 0 saturated heterocycles. The third-order valence-electron chi connectivity index (χ3n) is 0.487. The van der Waals surface area contributed by atoms with Crippen molar-refractivity contribution >= 4 is 17.3 Å². The summed E-state index contributed by atoms with van der Waals surface area (Å²) in [6, 6.07) is 0. The zero-order valence-electron chi connectivity index (χ0n) is 3.20. The molecule has 1 aliphatic heterocycles. The van der Waals surface area contributed by atoms with E-state index in [1.165, 1.54) is 5.75 Å². The summed E-state index contributed by atoms with van der Waals surface area (Å²) in [7, 11) is 0. The molecule has 0 aromatic rings. The molecule has 1 aliphatic rings. The van der Waals surface area contributed by atoms with Gasteiger partial charge >= 0.3 is 0 Å². The van der Waals surface area contributed by atoms with E-state index in [-0.39, 0.29) is 19.5 Å². The molecule has 6 heavy (non-hydrogen) atoms. The first-order chi connectivity index (χ1) is 2.50. The van der Waals surface area contributed by atoms with Gasteiger partial charge in [-0.05, 0) is 0 Å². The Morgan fingerprint density at radius 3 is 2.67 bits per heavy atom. The Kier molecular flexibility index (Phi) is 4.23. The Hall–Kier alpha value is 0.643. The van der Waals surface area contributed by atoms with Crippen molar-refractivity contribution in [3.63, 3.8) is 0 Å². The molecule has 0 radical (unpaired) electrons. The van der Waals surface area contributed by atoms with E-state index in [1.54, 1.807) is 11.8 Å². The molecule has 0 fully saturated rings. The van der Waals surface area contributed by atoms with Gasteiger partial charge in [0.25, 0.3) is 0 Å². The Morgan fingerprint density at radius 1 is 1.67 bits per heavy atom. The first-order valence-electron chi connectivity index (χ1n) is 1.60. The van der Waals surface area contributed by atoms with E-state index in [4.69, 9.17) is 0 Å². The van der Waals surface area contributed by atoms with Crippen molar-refractivity contribution in [1.29, 1.82) is 0 Å². The molecule has 1 heterocycles. The summed E-state index contributed by atoms with van der Waals surface area (Å²) in [5, 5.41) is 0. The monoisotopic (exact) mass is 189 g/mol. The van der Waals surface area contributed by atoms with Crippen LogP contribution in [0.25, 0.3) is 0 Å². The summed E-state index contributed by atoms with van der Waals surface area (Å²) >= 11 is 1.78. The quantitative estimate of drug-likeness (QED) is 0.511. The standard InChI is InChI=1S/C3H5NS.Ru/c1-2-5-3-4-1;/h3H,1-2H2;. The van der Waals surface area contributed by atoms with Crippen LogP contribution < -0.4 is 0 Å². The number of thioether (sulfide) groups is 1. The maximum absolute atomic E-state index is 3.92. The minimum Gasteiger partial charge on any atom is -0.285 e. The van der Waals surface area contributed by atoms with Crippen LogP contribution >= 0.6 is 11.8 Å². The van der Waals surface area contributed by atoms with Gasteiger partial charge in [-0.3, -0.25) is 4.99 Å². The first kappa shape index (κ1) is 6.64. The SMILES string of the molecule is C1=NCCS1.[Ru].